The quantitative estimate of drug-likeness (QED) is 0.674. The van der Waals surface area contributed by atoms with Crippen molar-refractivity contribution >= 4 is 17.8 Å². The average Bonchev–Trinajstić information content (AvgIpc) is 3.04. The van der Waals surface area contributed by atoms with E-state index in [1.807, 2.05) is 0 Å². The first kappa shape index (κ1) is 11.9. The molecule has 2 fully saturated rings. The van der Waals surface area contributed by atoms with Crippen LogP contribution in [0.4, 0.5) is 0 Å². The molecule has 1 heterocycles. The van der Waals surface area contributed by atoms with Crippen molar-refractivity contribution in [3.05, 3.63) is 0 Å². The Morgan fingerprint density at radius 1 is 1.35 bits per heavy atom. The van der Waals surface area contributed by atoms with Crippen LogP contribution in [-0.4, -0.2) is 47.4 Å². The number of nitrogens with one attached hydrogen (secondary N) is 1. The summed E-state index contributed by atoms with van der Waals surface area (Å²) in [6, 6.07) is 0. The van der Waals surface area contributed by atoms with Crippen molar-refractivity contribution in [2.45, 2.75) is 19.3 Å². The van der Waals surface area contributed by atoms with Gasteiger partial charge in [-0.3, -0.25) is 14.4 Å². The summed E-state index contributed by atoms with van der Waals surface area (Å²) in [5.41, 5.74) is 0. The zero-order chi connectivity index (χ0) is 12.4. The third-order valence-corrected chi connectivity index (χ3v) is 3.19. The highest BCUT2D eigenvalue weighted by atomic mass is 16.4. The van der Waals surface area contributed by atoms with Crippen LogP contribution in [0.2, 0.25) is 0 Å². The van der Waals surface area contributed by atoms with Crippen molar-refractivity contribution in [2.75, 3.05) is 19.6 Å². The van der Waals surface area contributed by atoms with Gasteiger partial charge in [0.1, 0.15) is 0 Å². The number of nitrogens with zero attached hydrogens (tertiary/aromatic N) is 1. The fraction of sp³-hybridized carbons (Fsp3) is 0.727. The topological polar surface area (TPSA) is 86.7 Å². The van der Waals surface area contributed by atoms with E-state index in [1.165, 1.54) is 4.90 Å². The molecule has 0 aromatic heterocycles. The Hall–Kier alpha value is -1.59. The van der Waals surface area contributed by atoms with Crippen LogP contribution in [0, 0.1) is 11.8 Å². The summed E-state index contributed by atoms with van der Waals surface area (Å²) >= 11 is 0. The number of carbonyl (C=O) groups is 3. The molecule has 1 saturated carbocycles. The first-order valence-corrected chi connectivity index (χ1v) is 5.86. The van der Waals surface area contributed by atoms with Crippen LogP contribution in [0.15, 0.2) is 0 Å². The minimum atomic E-state index is -0.928. The second kappa shape index (κ2) is 4.73. The molecule has 1 unspecified atom stereocenters. The number of likely N-dealkylation sites (tertiary alicyclic amines) is 1. The molecule has 6 nitrogen and oxygen atoms in total. The number of hydrogen-bond acceptors (Lipinski definition) is 3. The zero-order valence-corrected chi connectivity index (χ0v) is 9.52. The number of hydrogen-bond donors (Lipinski definition) is 2. The summed E-state index contributed by atoms with van der Waals surface area (Å²) in [6.45, 7) is 1.07. The van der Waals surface area contributed by atoms with Gasteiger partial charge in [-0.1, -0.05) is 0 Å². The van der Waals surface area contributed by atoms with Crippen molar-refractivity contribution < 1.29 is 19.5 Å². The third-order valence-electron chi connectivity index (χ3n) is 3.19. The fourth-order valence-electron chi connectivity index (χ4n) is 1.96. The van der Waals surface area contributed by atoms with Crippen LogP contribution in [0.5, 0.6) is 0 Å². The summed E-state index contributed by atoms with van der Waals surface area (Å²) in [6.07, 6.45) is 1.98. The summed E-state index contributed by atoms with van der Waals surface area (Å²) < 4.78 is 0. The minimum Gasteiger partial charge on any atom is -0.481 e. The lowest BCUT2D eigenvalue weighted by atomic mass is 10.1. The van der Waals surface area contributed by atoms with Crippen molar-refractivity contribution in [3.63, 3.8) is 0 Å². The number of amides is 2. The van der Waals surface area contributed by atoms with E-state index < -0.39 is 11.9 Å². The van der Waals surface area contributed by atoms with Crippen LogP contribution in [0.25, 0.3) is 0 Å². The summed E-state index contributed by atoms with van der Waals surface area (Å²) in [4.78, 5) is 35.0. The molecule has 17 heavy (non-hydrogen) atoms. The van der Waals surface area contributed by atoms with E-state index in [0.717, 1.165) is 12.8 Å². The molecular weight excluding hydrogens is 224 g/mol. The maximum atomic E-state index is 11.5. The van der Waals surface area contributed by atoms with Gasteiger partial charge in [0.15, 0.2) is 0 Å². The Morgan fingerprint density at radius 3 is 2.59 bits per heavy atom. The highest BCUT2D eigenvalue weighted by Crippen LogP contribution is 2.28. The smallest absolute Gasteiger partial charge is 0.308 e. The summed E-state index contributed by atoms with van der Waals surface area (Å²) in [5, 5.41) is 11.6. The minimum absolute atomic E-state index is 0.0476. The van der Waals surface area contributed by atoms with E-state index in [9.17, 15) is 14.4 Å². The fourth-order valence-corrected chi connectivity index (χ4v) is 1.96. The Morgan fingerprint density at radius 2 is 2.06 bits per heavy atom. The predicted octanol–water partition coefficient (Wildman–Crippen LogP) is -0.554. The number of carboxylic acids is 1. The van der Waals surface area contributed by atoms with Crippen molar-refractivity contribution in [2.24, 2.45) is 11.8 Å². The predicted molar refractivity (Wildman–Crippen MR) is 58.1 cm³/mol. The van der Waals surface area contributed by atoms with Gasteiger partial charge in [-0.15, -0.1) is 0 Å². The molecule has 2 amide bonds. The second-order valence-corrected chi connectivity index (χ2v) is 4.64. The first-order chi connectivity index (χ1) is 8.08. The van der Waals surface area contributed by atoms with Gasteiger partial charge in [-0.05, 0) is 12.8 Å². The van der Waals surface area contributed by atoms with Crippen LogP contribution in [-0.2, 0) is 14.4 Å². The van der Waals surface area contributed by atoms with E-state index >= 15 is 0 Å². The number of rotatable bonds is 5. The lowest BCUT2D eigenvalue weighted by molar-refractivity contribution is -0.141. The SMILES string of the molecule is O=C(O)C1CC(=O)N(CCNC(=O)C2CC2)C1. The molecule has 1 atom stereocenters. The normalized spacial score (nSPS) is 23.9. The van der Waals surface area contributed by atoms with Crippen LogP contribution in [0.1, 0.15) is 19.3 Å². The monoisotopic (exact) mass is 240 g/mol. The molecule has 2 aliphatic rings. The van der Waals surface area contributed by atoms with Crippen molar-refractivity contribution in [3.8, 4) is 0 Å². The Balaban J connectivity index is 1.70. The standard InChI is InChI=1S/C11H16N2O4/c14-9-5-8(11(16)17)6-13(9)4-3-12-10(15)7-1-2-7/h7-8H,1-6H2,(H,12,15)(H,16,17). The lowest BCUT2D eigenvalue weighted by Gasteiger charge is -2.16. The van der Waals surface area contributed by atoms with Gasteiger partial charge in [0.05, 0.1) is 5.92 Å². The molecule has 6 heteroatoms. The van der Waals surface area contributed by atoms with E-state index in [-0.39, 0.29) is 30.7 Å². The maximum Gasteiger partial charge on any atom is 0.308 e. The molecule has 0 aromatic carbocycles. The van der Waals surface area contributed by atoms with Gasteiger partial charge in [-0.25, -0.2) is 0 Å². The molecule has 2 N–H and O–H groups in total. The van der Waals surface area contributed by atoms with Gasteiger partial charge in [0.25, 0.3) is 0 Å². The van der Waals surface area contributed by atoms with Gasteiger partial charge >= 0.3 is 5.97 Å². The summed E-state index contributed by atoms with van der Waals surface area (Å²) in [7, 11) is 0. The van der Waals surface area contributed by atoms with Gasteiger partial charge in [-0.2, -0.15) is 0 Å². The Bertz CT molecular complexity index is 351. The molecule has 0 radical (unpaired) electrons. The molecule has 94 valence electrons. The largest absolute Gasteiger partial charge is 0.481 e. The Labute approximate surface area is 99.0 Å². The Kier molecular flexibility index (Phi) is 3.31. The average molecular weight is 240 g/mol. The van der Waals surface area contributed by atoms with Crippen LogP contribution in [0.3, 0.4) is 0 Å². The van der Waals surface area contributed by atoms with E-state index in [1.54, 1.807) is 0 Å². The molecule has 1 saturated heterocycles. The van der Waals surface area contributed by atoms with Crippen molar-refractivity contribution in [1.82, 2.24) is 10.2 Å². The molecule has 1 aliphatic carbocycles. The second-order valence-electron chi connectivity index (χ2n) is 4.64. The molecule has 0 spiro atoms. The van der Waals surface area contributed by atoms with Crippen LogP contribution >= 0.6 is 0 Å². The van der Waals surface area contributed by atoms with E-state index in [4.69, 9.17) is 5.11 Å². The number of aliphatic carboxylic acids is 1. The number of carboxylic acid groups (broad SMARTS) is 1. The van der Waals surface area contributed by atoms with Gasteiger partial charge < -0.3 is 15.3 Å². The van der Waals surface area contributed by atoms with E-state index in [0.29, 0.717) is 13.1 Å². The first-order valence-electron chi connectivity index (χ1n) is 5.86. The molecular formula is C11H16N2O4. The maximum absolute atomic E-state index is 11.5. The molecule has 0 bridgehead atoms. The molecule has 2 rings (SSSR count). The highest BCUT2D eigenvalue weighted by molar-refractivity contribution is 5.86. The molecule has 1 aliphatic heterocycles. The lowest BCUT2D eigenvalue weighted by Crippen LogP contribution is -2.36. The van der Waals surface area contributed by atoms with Gasteiger partial charge in [0, 0.05) is 32.0 Å². The molecule has 0 aromatic rings. The zero-order valence-electron chi connectivity index (χ0n) is 9.52. The van der Waals surface area contributed by atoms with Gasteiger partial charge in [0.2, 0.25) is 11.8 Å². The van der Waals surface area contributed by atoms with Crippen molar-refractivity contribution in [1.29, 1.82) is 0 Å². The summed E-state index contributed by atoms with van der Waals surface area (Å²) in [5.74, 6) is -1.45. The van der Waals surface area contributed by atoms with Crippen LogP contribution < -0.4 is 5.32 Å². The third kappa shape index (κ3) is 2.95. The highest BCUT2D eigenvalue weighted by Gasteiger charge is 2.34. The van der Waals surface area contributed by atoms with E-state index in [2.05, 4.69) is 5.32 Å². The number of carbonyl (C=O) groups excluding carboxylic acids is 2.